The molecule has 0 aliphatic rings. The molecule has 1 aromatic carbocycles. The summed E-state index contributed by atoms with van der Waals surface area (Å²) in [5, 5.41) is 5.47. The van der Waals surface area contributed by atoms with Gasteiger partial charge in [-0.15, -0.1) is 11.3 Å². The van der Waals surface area contributed by atoms with Crippen molar-refractivity contribution >= 4 is 33.0 Å². The lowest BCUT2D eigenvalue weighted by Crippen LogP contribution is -2.12. The second-order valence-electron chi connectivity index (χ2n) is 5.16. The molecule has 0 atom stereocenters. The quantitative estimate of drug-likeness (QED) is 0.662. The van der Waals surface area contributed by atoms with Gasteiger partial charge < -0.3 is 9.26 Å². The smallest absolute Gasteiger partial charge is 0.350 e. The van der Waals surface area contributed by atoms with Gasteiger partial charge in [0.15, 0.2) is 5.76 Å². The number of anilines is 1. The van der Waals surface area contributed by atoms with Crippen LogP contribution in [0.25, 0.3) is 11.3 Å². The van der Waals surface area contributed by atoms with Crippen molar-refractivity contribution < 1.29 is 22.5 Å². The van der Waals surface area contributed by atoms with E-state index in [4.69, 9.17) is 9.26 Å². The van der Waals surface area contributed by atoms with E-state index in [1.165, 1.54) is 6.07 Å². The summed E-state index contributed by atoms with van der Waals surface area (Å²) in [4.78, 5) is 12.3. The number of rotatable bonds is 6. The number of thiophene rings is 1. The van der Waals surface area contributed by atoms with Crippen LogP contribution in [0.15, 0.2) is 52.4 Å². The Balaban J connectivity index is 1.66. The molecule has 3 rings (SSSR count). The van der Waals surface area contributed by atoms with Gasteiger partial charge in [-0.1, -0.05) is 35.5 Å². The molecule has 0 fully saturated rings. The number of aromatic nitrogens is 1. The molecule has 1 N–H and O–H groups in total. The Morgan fingerprint density at radius 3 is 2.76 bits per heavy atom. The second-order valence-corrected chi connectivity index (χ2v) is 7.83. The molecule has 2 aromatic heterocycles. The van der Waals surface area contributed by atoms with Crippen molar-refractivity contribution in [1.82, 2.24) is 5.16 Å². The topological polar surface area (TPSA) is 98.5 Å². The van der Waals surface area contributed by atoms with Gasteiger partial charge in [-0.05, 0) is 11.4 Å². The van der Waals surface area contributed by atoms with Crippen LogP contribution >= 0.6 is 11.3 Å². The Kier molecular flexibility index (Phi) is 4.86. The van der Waals surface area contributed by atoms with E-state index in [0.29, 0.717) is 11.5 Å². The maximum Gasteiger partial charge on any atom is 0.350 e. The number of nitrogens with zero attached hydrogens (tertiary/aromatic N) is 1. The van der Waals surface area contributed by atoms with Crippen LogP contribution in [0.4, 0.5) is 5.69 Å². The van der Waals surface area contributed by atoms with E-state index >= 15 is 0 Å². The van der Waals surface area contributed by atoms with Gasteiger partial charge in [-0.2, -0.15) is 0 Å². The van der Waals surface area contributed by atoms with Crippen molar-refractivity contribution in [3.05, 3.63) is 58.4 Å². The van der Waals surface area contributed by atoms with Crippen LogP contribution in [0, 0.1) is 0 Å². The molecular formula is C16H14N2O5S2. The SMILES string of the molecule is CS(=O)(=O)Nc1ccsc1C(=O)OCc1cc(-c2ccccc2)on1. The summed E-state index contributed by atoms with van der Waals surface area (Å²) in [7, 11) is -3.48. The summed E-state index contributed by atoms with van der Waals surface area (Å²) in [5.74, 6) is -0.0624. The highest BCUT2D eigenvalue weighted by molar-refractivity contribution is 7.92. The molecule has 2 heterocycles. The molecule has 0 aliphatic heterocycles. The van der Waals surface area contributed by atoms with Crippen LogP contribution in [-0.4, -0.2) is 25.8 Å². The summed E-state index contributed by atoms with van der Waals surface area (Å²) in [5.41, 5.74) is 1.52. The minimum atomic E-state index is -3.48. The molecule has 130 valence electrons. The Labute approximate surface area is 148 Å². The number of ether oxygens (including phenoxy) is 1. The van der Waals surface area contributed by atoms with Gasteiger partial charge in [0.05, 0.1) is 11.9 Å². The zero-order valence-corrected chi connectivity index (χ0v) is 14.8. The fourth-order valence-corrected chi connectivity index (χ4v) is 3.45. The molecule has 25 heavy (non-hydrogen) atoms. The van der Waals surface area contributed by atoms with Gasteiger partial charge in [0.2, 0.25) is 10.0 Å². The molecular weight excluding hydrogens is 364 g/mol. The minimum absolute atomic E-state index is 0.0780. The highest BCUT2D eigenvalue weighted by atomic mass is 32.2. The van der Waals surface area contributed by atoms with Crippen molar-refractivity contribution in [3.63, 3.8) is 0 Å². The zero-order valence-electron chi connectivity index (χ0n) is 13.1. The third-order valence-electron chi connectivity index (χ3n) is 3.11. The second kappa shape index (κ2) is 7.08. The predicted octanol–water partition coefficient (Wildman–Crippen LogP) is 3.13. The average Bonchev–Trinajstić information content (AvgIpc) is 3.21. The lowest BCUT2D eigenvalue weighted by atomic mass is 10.2. The first-order valence-electron chi connectivity index (χ1n) is 7.16. The van der Waals surface area contributed by atoms with Crippen molar-refractivity contribution in [1.29, 1.82) is 0 Å². The van der Waals surface area contributed by atoms with E-state index in [1.807, 2.05) is 30.3 Å². The summed E-state index contributed by atoms with van der Waals surface area (Å²) < 4.78 is 35.3. The summed E-state index contributed by atoms with van der Waals surface area (Å²) in [6, 6.07) is 12.6. The van der Waals surface area contributed by atoms with Gasteiger partial charge in [0.1, 0.15) is 17.2 Å². The van der Waals surface area contributed by atoms with E-state index < -0.39 is 16.0 Å². The molecule has 0 saturated carbocycles. The predicted molar refractivity (Wildman–Crippen MR) is 93.8 cm³/mol. The highest BCUT2D eigenvalue weighted by Gasteiger charge is 2.18. The van der Waals surface area contributed by atoms with E-state index in [1.54, 1.807) is 11.4 Å². The van der Waals surface area contributed by atoms with Gasteiger partial charge in [0.25, 0.3) is 0 Å². The van der Waals surface area contributed by atoms with Crippen LogP contribution in [-0.2, 0) is 21.4 Å². The van der Waals surface area contributed by atoms with Crippen LogP contribution < -0.4 is 4.72 Å². The lowest BCUT2D eigenvalue weighted by molar-refractivity contribution is 0.0471. The first-order chi connectivity index (χ1) is 11.9. The van der Waals surface area contributed by atoms with Crippen LogP contribution in [0.1, 0.15) is 15.4 Å². The van der Waals surface area contributed by atoms with E-state index in [2.05, 4.69) is 9.88 Å². The van der Waals surface area contributed by atoms with Crippen LogP contribution in [0.2, 0.25) is 0 Å². The third-order valence-corrected chi connectivity index (χ3v) is 4.60. The molecule has 9 heteroatoms. The summed E-state index contributed by atoms with van der Waals surface area (Å²) >= 11 is 1.09. The molecule has 0 amide bonds. The molecule has 0 bridgehead atoms. The summed E-state index contributed by atoms with van der Waals surface area (Å²) in [6.45, 7) is -0.0780. The van der Waals surface area contributed by atoms with Gasteiger partial charge in [-0.25, -0.2) is 13.2 Å². The van der Waals surface area contributed by atoms with Crippen molar-refractivity contribution in [3.8, 4) is 11.3 Å². The normalized spacial score (nSPS) is 11.2. The molecule has 3 aromatic rings. The van der Waals surface area contributed by atoms with Gasteiger partial charge >= 0.3 is 5.97 Å². The fourth-order valence-electron chi connectivity index (χ4n) is 2.07. The third kappa shape index (κ3) is 4.46. The average molecular weight is 378 g/mol. The number of nitrogens with one attached hydrogen (secondary N) is 1. The molecule has 0 radical (unpaired) electrons. The Hall–Kier alpha value is -2.65. The fraction of sp³-hybridized carbons (Fsp3) is 0.125. The number of sulfonamides is 1. The van der Waals surface area contributed by atoms with Gasteiger partial charge in [0, 0.05) is 11.6 Å². The number of hydrogen-bond acceptors (Lipinski definition) is 7. The Morgan fingerprint density at radius 2 is 2.04 bits per heavy atom. The first kappa shape index (κ1) is 17.2. The number of benzene rings is 1. The summed E-state index contributed by atoms with van der Waals surface area (Å²) in [6.07, 6.45) is 1.01. The first-order valence-corrected chi connectivity index (χ1v) is 9.93. The van der Waals surface area contributed by atoms with Crippen LogP contribution in [0.3, 0.4) is 0 Å². The maximum atomic E-state index is 12.2. The monoisotopic (exact) mass is 378 g/mol. The number of esters is 1. The molecule has 0 aliphatic carbocycles. The maximum absolute atomic E-state index is 12.2. The van der Waals surface area contributed by atoms with E-state index in [9.17, 15) is 13.2 Å². The van der Waals surface area contributed by atoms with E-state index in [-0.39, 0.29) is 17.2 Å². The highest BCUT2D eigenvalue weighted by Crippen LogP contribution is 2.25. The Bertz CT molecular complexity index is 977. The van der Waals surface area contributed by atoms with Crippen LogP contribution in [0.5, 0.6) is 0 Å². The molecule has 0 unspecified atom stereocenters. The largest absolute Gasteiger partial charge is 0.455 e. The molecule has 0 saturated heterocycles. The standard InChI is InChI=1S/C16H14N2O5S2/c1-25(20,21)18-13-7-8-24-15(13)16(19)22-10-12-9-14(23-17-12)11-5-3-2-4-6-11/h2-9,18H,10H2,1H3. The number of carbonyl (C=O) groups is 1. The zero-order chi connectivity index (χ0) is 17.9. The van der Waals surface area contributed by atoms with Crippen molar-refractivity contribution in [2.24, 2.45) is 0 Å². The number of hydrogen-bond donors (Lipinski definition) is 1. The van der Waals surface area contributed by atoms with Crippen molar-refractivity contribution in [2.75, 3.05) is 11.0 Å². The minimum Gasteiger partial charge on any atom is -0.455 e. The number of carbonyl (C=O) groups excluding carboxylic acids is 1. The van der Waals surface area contributed by atoms with Gasteiger partial charge in [-0.3, -0.25) is 4.72 Å². The van der Waals surface area contributed by atoms with E-state index in [0.717, 1.165) is 23.2 Å². The van der Waals surface area contributed by atoms with Crippen molar-refractivity contribution in [2.45, 2.75) is 6.61 Å². The lowest BCUT2D eigenvalue weighted by Gasteiger charge is -2.05. The molecule has 7 nitrogen and oxygen atoms in total. The molecule has 0 spiro atoms. The Morgan fingerprint density at radius 1 is 1.28 bits per heavy atom.